The van der Waals surface area contributed by atoms with Gasteiger partial charge in [0.2, 0.25) is 10.0 Å². The number of halogens is 1. The van der Waals surface area contributed by atoms with Gasteiger partial charge in [0.25, 0.3) is 5.91 Å². The summed E-state index contributed by atoms with van der Waals surface area (Å²) < 4.78 is 56.6. The van der Waals surface area contributed by atoms with Crippen LogP contribution in [0.25, 0.3) is 0 Å². The van der Waals surface area contributed by atoms with E-state index in [1.807, 2.05) is 0 Å². The molecule has 11 heteroatoms. The van der Waals surface area contributed by atoms with E-state index in [-0.39, 0.29) is 11.4 Å². The topological polar surface area (TPSA) is 111 Å². The first-order valence-electron chi connectivity index (χ1n) is 10.2. The molecule has 0 aromatic heterocycles. The van der Waals surface area contributed by atoms with Crippen molar-refractivity contribution in [2.75, 3.05) is 26.8 Å². The van der Waals surface area contributed by atoms with Gasteiger partial charge in [0, 0.05) is 26.1 Å². The van der Waals surface area contributed by atoms with Crippen LogP contribution in [0.4, 0.5) is 4.39 Å². The number of sulfonamides is 1. The number of nitrogens with zero attached hydrogens (tertiary/aromatic N) is 1. The number of carbonyl (C=O) groups is 2. The van der Waals surface area contributed by atoms with Gasteiger partial charge in [0.15, 0.2) is 17.6 Å². The number of rotatable bonds is 8. The number of amides is 1. The largest absolute Gasteiger partial charge is 0.490 e. The molecule has 33 heavy (non-hydrogen) atoms. The first kappa shape index (κ1) is 24.5. The van der Waals surface area contributed by atoms with Crippen molar-refractivity contribution in [3.8, 4) is 11.5 Å². The molecule has 1 aliphatic heterocycles. The summed E-state index contributed by atoms with van der Waals surface area (Å²) in [6.45, 7) is 1.70. The highest BCUT2D eigenvalue weighted by Gasteiger charge is 2.24. The van der Waals surface area contributed by atoms with Crippen molar-refractivity contribution < 1.29 is 36.6 Å². The van der Waals surface area contributed by atoms with Crippen molar-refractivity contribution >= 4 is 21.9 Å². The van der Waals surface area contributed by atoms with Crippen LogP contribution in [-0.2, 0) is 30.9 Å². The molecule has 1 aliphatic rings. The van der Waals surface area contributed by atoms with Crippen molar-refractivity contribution in [2.24, 2.45) is 0 Å². The quantitative estimate of drug-likeness (QED) is 0.574. The fourth-order valence-corrected chi connectivity index (χ4v) is 4.12. The average molecular weight is 481 g/mol. The summed E-state index contributed by atoms with van der Waals surface area (Å²) in [4.78, 5) is 25.8. The normalized spacial score (nSPS) is 14.2. The summed E-state index contributed by atoms with van der Waals surface area (Å²) in [6, 6.07) is 9.94. The third-order valence-corrected chi connectivity index (χ3v) is 6.18. The lowest BCUT2D eigenvalue weighted by atomic mass is 10.2. The van der Waals surface area contributed by atoms with Crippen LogP contribution >= 0.6 is 0 Å². The fourth-order valence-electron chi connectivity index (χ4n) is 3.13. The zero-order valence-corrected chi connectivity index (χ0v) is 19.1. The van der Waals surface area contributed by atoms with Gasteiger partial charge < -0.3 is 19.1 Å². The molecular weight excluding hydrogens is 455 g/mol. The number of ether oxygens (including phenoxy) is 3. The summed E-state index contributed by atoms with van der Waals surface area (Å²) in [6.07, 6.45) is -0.478. The third-order valence-electron chi connectivity index (χ3n) is 4.78. The standard InChI is InChI=1S/C22H25FN2O7S/c1-15(22(27)25(2)14-16-5-3-6-17(23)11-16)32-21(26)13-24-33(28,29)18-7-8-19-20(12-18)31-10-4-9-30-19/h3,5-8,11-12,15,24H,4,9-10,13-14H2,1-2H3. The number of esters is 1. The van der Waals surface area contributed by atoms with E-state index in [1.165, 1.54) is 55.3 Å². The van der Waals surface area contributed by atoms with Crippen LogP contribution in [0.2, 0.25) is 0 Å². The number of hydrogen-bond donors (Lipinski definition) is 1. The number of likely N-dealkylation sites (N-methyl/N-ethyl adjacent to an activating group) is 1. The lowest BCUT2D eigenvalue weighted by Crippen LogP contribution is -2.39. The van der Waals surface area contributed by atoms with Crippen LogP contribution in [0.1, 0.15) is 18.9 Å². The molecular formula is C22H25FN2O7S. The van der Waals surface area contributed by atoms with E-state index in [0.29, 0.717) is 36.7 Å². The van der Waals surface area contributed by atoms with E-state index < -0.39 is 40.4 Å². The molecule has 2 aromatic carbocycles. The molecule has 1 heterocycles. The molecule has 0 bridgehead atoms. The Bertz CT molecular complexity index is 1120. The Morgan fingerprint density at radius 2 is 1.88 bits per heavy atom. The second-order valence-corrected chi connectivity index (χ2v) is 9.21. The minimum absolute atomic E-state index is 0.0986. The van der Waals surface area contributed by atoms with Crippen molar-refractivity contribution in [3.05, 3.63) is 53.8 Å². The molecule has 0 saturated carbocycles. The van der Waals surface area contributed by atoms with Crippen LogP contribution in [0.5, 0.6) is 11.5 Å². The average Bonchev–Trinajstić information content (AvgIpc) is 3.02. The maximum atomic E-state index is 13.3. The lowest BCUT2D eigenvalue weighted by molar-refractivity contribution is -0.157. The van der Waals surface area contributed by atoms with Crippen molar-refractivity contribution in [3.63, 3.8) is 0 Å². The van der Waals surface area contributed by atoms with Gasteiger partial charge in [-0.15, -0.1) is 0 Å². The second kappa shape index (κ2) is 10.6. The number of nitrogens with one attached hydrogen (secondary N) is 1. The predicted molar refractivity (Wildman–Crippen MR) is 116 cm³/mol. The molecule has 1 atom stereocenters. The summed E-state index contributed by atoms with van der Waals surface area (Å²) >= 11 is 0. The summed E-state index contributed by atoms with van der Waals surface area (Å²) in [5, 5.41) is 0. The lowest BCUT2D eigenvalue weighted by Gasteiger charge is -2.21. The van der Waals surface area contributed by atoms with E-state index in [1.54, 1.807) is 6.07 Å². The Labute approximate surface area is 191 Å². The van der Waals surface area contributed by atoms with Gasteiger partial charge in [-0.2, -0.15) is 4.72 Å². The van der Waals surface area contributed by atoms with E-state index in [2.05, 4.69) is 4.72 Å². The molecule has 0 radical (unpaired) electrons. The van der Waals surface area contributed by atoms with E-state index in [9.17, 15) is 22.4 Å². The molecule has 0 saturated heterocycles. The number of benzene rings is 2. The van der Waals surface area contributed by atoms with Gasteiger partial charge in [0.05, 0.1) is 18.1 Å². The minimum atomic E-state index is -4.04. The van der Waals surface area contributed by atoms with Gasteiger partial charge in [-0.3, -0.25) is 9.59 Å². The smallest absolute Gasteiger partial charge is 0.321 e. The summed E-state index contributed by atoms with van der Waals surface area (Å²) in [5.74, 6) is -1.11. The van der Waals surface area contributed by atoms with Gasteiger partial charge in [0.1, 0.15) is 12.4 Å². The predicted octanol–water partition coefficient (Wildman–Crippen LogP) is 1.86. The van der Waals surface area contributed by atoms with Gasteiger partial charge >= 0.3 is 5.97 Å². The SMILES string of the molecule is CC(OC(=O)CNS(=O)(=O)c1ccc2c(c1)OCCCO2)C(=O)N(C)Cc1cccc(F)c1. The minimum Gasteiger partial charge on any atom is -0.490 e. The van der Waals surface area contributed by atoms with E-state index in [4.69, 9.17) is 14.2 Å². The first-order chi connectivity index (χ1) is 15.7. The molecule has 0 aliphatic carbocycles. The highest BCUT2D eigenvalue weighted by Crippen LogP contribution is 2.31. The number of fused-ring (bicyclic) bond motifs is 1. The maximum Gasteiger partial charge on any atom is 0.321 e. The molecule has 1 amide bonds. The monoisotopic (exact) mass is 480 g/mol. The van der Waals surface area contributed by atoms with E-state index in [0.717, 1.165) is 0 Å². The van der Waals surface area contributed by atoms with E-state index >= 15 is 0 Å². The molecule has 0 fully saturated rings. The summed E-state index contributed by atoms with van der Waals surface area (Å²) in [7, 11) is -2.54. The molecule has 0 spiro atoms. The Balaban J connectivity index is 1.53. The Morgan fingerprint density at radius 3 is 2.61 bits per heavy atom. The number of hydrogen-bond acceptors (Lipinski definition) is 7. The van der Waals surface area contributed by atoms with Crippen LogP contribution in [0.3, 0.4) is 0 Å². The molecule has 178 valence electrons. The van der Waals surface area contributed by atoms with Crippen molar-refractivity contribution in [2.45, 2.75) is 30.9 Å². The Hall–Kier alpha value is -3.18. The van der Waals surface area contributed by atoms with Crippen molar-refractivity contribution in [1.82, 2.24) is 9.62 Å². The fraction of sp³-hybridized carbons (Fsp3) is 0.364. The van der Waals surface area contributed by atoms with Crippen LogP contribution in [0, 0.1) is 5.82 Å². The zero-order valence-electron chi connectivity index (χ0n) is 18.2. The molecule has 1 N–H and O–H groups in total. The number of carbonyl (C=O) groups excluding carboxylic acids is 2. The van der Waals surface area contributed by atoms with Crippen LogP contribution < -0.4 is 14.2 Å². The summed E-state index contributed by atoms with van der Waals surface area (Å²) in [5.41, 5.74) is 0.576. The highest BCUT2D eigenvalue weighted by molar-refractivity contribution is 7.89. The van der Waals surface area contributed by atoms with Gasteiger partial charge in [-0.05, 0) is 36.8 Å². The molecule has 3 rings (SSSR count). The van der Waals surface area contributed by atoms with Crippen LogP contribution in [0.15, 0.2) is 47.4 Å². The highest BCUT2D eigenvalue weighted by atomic mass is 32.2. The molecule has 9 nitrogen and oxygen atoms in total. The Morgan fingerprint density at radius 1 is 1.15 bits per heavy atom. The molecule has 2 aromatic rings. The van der Waals surface area contributed by atoms with Crippen LogP contribution in [-0.4, -0.2) is 58.1 Å². The van der Waals surface area contributed by atoms with Gasteiger partial charge in [-0.25, -0.2) is 12.8 Å². The second-order valence-electron chi connectivity index (χ2n) is 7.44. The maximum absolute atomic E-state index is 13.3. The zero-order chi connectivity index (χ0) is 24.0. The first-order valence-corrected chi connectivity index (χ1v) is 11.7. The Kier molecular flexibility index (Phi) is 7.88. The van der Waals surface area contributed by atoms with Gasteiger partial charge in [-0.1, -0.05) is 12.1 Å². The van der Waals surface area contributed by atoms with Crippen molar-refractivity contribution in [1.29, 1.82) is 0 Å². The molecule has 1 unspecified atom stereocenters. The third kappa shape index (κ3) is 6.65.